The minimum atomic E-state index is 0.585. The maximum Gasteiger partial charge on any atom is 0.126 e. The van der Waals surface area contributed by atoms with E-state index in [0.29, 0.717) is 5.82 Å². The second-order valence-corrected chi connectivity index (χ2v) is 5.82. The van der Waals surface area contributed by atoms with Crippen molar-refractivity contribution in [3.63, 3.8) is 0 Å². The predicted octanol–water partition coefficient (Wildman–Crippen LogP) is 3.90. The first-order valence-corrected chi connectivity index (χ1v) is 8.16. The third kappa shape index (κ3) is 2.80. The third-order valence-electron chi connectivity index (χ3n) is 4.27. The van der Waals surface area contributed by atoms with Gasteiger partial charge in [-0.3, -0.25) is 0 Å². The Bertz CT molecular complexity index is 1040. The van der Waals surface area contributed by atoms with Gasteiger partial charge in [-0.2, -0.15) is 0 Å². The number of hydrogen-bond acceptors (Lipinski definition) is 5. The maximum atomic E-state index is 5.95. The number of aryl methyl sites for hydroxylation is 1. The molecule has 0 saturated carbocycles. The van der Waals surface area contributed by atoms with Crippen LogP contribution in [0.2, 0.25) is 0 Å². The zero-order valence-corrected chi connectivity index (χ0v) is 13.8. The molecule has 122 valence electrons. The van der Waals surface area contributed by atoms with Gasteiger partial charge in [0, 0.05) is 40.7 Å². The highest BCUT2D eigenvalue weighted by Crippen LogP contribution is 2.30. The van der Waals surface area contributed by atoms with Crippen LogP contribution in [-0.2, 0) is 6.42 Å². The molecule has 0 saturated heterocycles. The average Bonchev–Trinajstić information content (AvgIpc) is 2.68. The molecule has 5 nitrogen and oxygen atoms in total. The number of rotatable bonds is 3. The fourth-order valence-corrected chi connectivity index (χ4v) is 2.92. The summed E-state index contributed by atoms with van der Waals surface area (Å²) in [5.41, 5.74) is 11.7. The Labute approximate surface area is 145 Å². The highest BCUT2D eigenvalue weighted by Gasteiger charge is 2.10. The molecular weight excluding hydrogens is 310 g/mol. The van der Waals surface area contributed by atoms with Crippen LogP contribution in [0.3, 0.4) is 0 Å². The van der Waals surface area contributed by atoms with Crippen molar-refractivity contribution in [3.05, 3.63) is 66.9 Å². The third-order valence-corrected chi connectivity index (χ3v) is 4.27. The number of pyridine rings is 2. The number of nitrogens with zero attached hydrogens (tertiary/aromatic N) is 4. The molecule has 4 aromatic rings. The SMILES string of the molecule is CCc1cc(-c2cccc3ccc(-c4cncnc4)nc23)cnc1N. The first-order valence-electron chi connectivity index (χ1n) is 8.16. The Balaban J connectivity index is 1.92. The van der Waals surface area contributed by atoms with Crippen molar-refractivity contribution < 1.29 is 0 Å². The molecule has 4 rings (SSSR count). The number of nitrogens with two attached hydrogens (primary N) is 1. The summed E-state index contributed by atoms with van der Waals surface area (Å²) in [6.45, 7) is 2.08. The van der Waals surface area contributed by atoms with Crippen molar-refractivity contribution in [3.8, 4) is 22.4 Å². The number of fused-ring (bicyclic) bond motifs is 1. The van der Waals surface area contributed by atoms with Gasteiger partial charge in [0.1, 0.15) is 12.1 Å². The fraction of sp³-hybridized carbons (Fsp3) is 0.100. The van der Waals surface area contributed by atoms with Crippen LogP contribution in [0.4, 0.5) is 5.82 Å². The van der Waals surface area contributed by atoms with Gasteiger partial charge in [0.15, 0.2) is 0 Å². The zero-order chi connectivity index (χ0) is 17.2. The van der Waals surface area contributed by atoms with Crippen molar-refractivity contribution in [1.29, 1.82) is 0 Å². The lowest BCUT2D eigenvalue weighted by Crippen LogP contribution is -1.97. The van der Waals surface area contributed by atoms with E-state index in [-0.39, 0.29) is 0 Å². The first-order chi connectivity index (χ1) is 12.3. The molecular formula is C20H17N5. The summed E-state index contributed by atoms with van der Waals surface area (Å²) < 4.78 is 0. The van der Waals surface area contributed by atoms with Crippen LogP contribution in [0.1, 0.15) is 12.5 Å². The van der Waals surface area contributed by atoms with Gasteiger partial charge < -0.3 is 5.73 Å². The molecule has 0 bridgehead atoms. The van der Waals surface area contributed by atoms with Crippen LogP contribution in [0.25, 0.3) is 33.3 Å². The van der Waals surface area contributed by atoms with Crippen molar-refractivity contribution in [2.24, 2.45) is 0 Å². The molecule has 0 unspecified atom stereocenters. The van der Waals surface area contributed by atoms with Gasteiger partial charge in [-0.15, -0.1) is 0 Å². The van der Waals surface area contributed by atoms with Crippen LogP contribution in [-0.4, -0.2) is 19.9 Å². The summed E-state index contributed by atoms with van der Waals surface area (Å²) in [7, 11) is 0. The van der Waals surface area contributed by atoms with Gasteiger partial charge >= 0.3 is 0 Å². The Morgan fingerprint density at radius 1 is 0.960 bits per heavy atom. The van der Waals surface area contributed by atoms with E-state index >= 15 is 0 Å². The lowest BCUT2D eigenvalue weighted by atomic mass is 10.0. The molecule has 2 N–H and O–H groups in total. The minimum Gasteiger partial charge on any atom is -0.383 e. The lowest BCUT2D eigenvalue weighted by molar-refractivity contribution is 1.11. The van der Waals surface area contributed by atoms with Crippen molar-refractivity contribution >= 4 is 16.7 Å². The summed E-state index contributed by atoms with van der Waals surface area (Å²) in [4.78, 5) is 17.4. The molecule has 0 amide bonds. The number of nitrogen functional groups attached to an aromatic ring is 1. The molecule has 1 aromatic carbocycles. The topological polar surface area (TPSA) is 77.6 Å². The predicted molar refractivity (Wildman–Crippen MR) is 99.8 cm³/mol. The molecule has 0 radical (unpaired) electrons. The Morgan fingerprint density at radius 3 is 2.60 bits per heavy atom. The van der Waals surface area contributed by atoms with E-state index in [2.05, 4.69) is 46.1 Å². The van der Waals surface area contributed by atoms with E-state index in [4.69, 9.17) is 10.7 Å². The average molecular weight is 327 g/mol. The molecule has 0 spiro atoms. The van der Waals surface area contributed by atoms with Crippen LogP contribution < -0.4 is 5.73 Å². The quantitative estimate of drug-likeness (QED) is 0.617. The molecule has 0 aliphatic carbocycles. The summed E-state index contributed by atoms with van der Waals surface area (Å²) in [6, 6.07) is 12.3. The fourth-order valence-electron chi connectivity index (χ4n) is 2.92. The lowest BCUT2D eigenvalue weighted by Gasteiger charge is -2.10. The second kappa shape index (κ2) is 6.28. The molecule has 3 aromatic heterocycles. The van der Waals surface area contributed by atoms with Gasteiger partial charge in [0.25, 0.3) is 0 Å². The number of para-hydroxylation sites is 1. The van der Waals surface area contributed by atoms with Crippen LogP contribution in [0.15, 0.2) is 61.3 Å². The van der Waals surface area contributed by atoms with Crippen molar-refractivity contribution in [2.75, 3.05) is 5.73 Å². The highest BCUT2D eigenvalue weighted by atomic mass is 14.8. The molecule has 5 heteroatoms. The number of aromatic nitrogens is 4. The summed E-state index contributed by atoms with van der Waals surface area (Å²) in [5, 5.41) is 1.08. The monoisotopic (exact) mass is 327 g/mol. The van der Waals surface area contributed by atoms with E-state index in [1.54, 1.807) is 12.4 Å². The van der Waals surface area contributed by atoms with Gasteiger partial charge in [0.2, 0.25) is 0 Å². The zero-order valence-electron chi connectivity index (χ0n) is 13.8. The Morgan fingerprint density at radius 2 is 1.80 bits per heavy atom. The van der Waals surface area contributed by atoms with Gasteiger partial charge in [-0.05, 0) is 24.1 Å². The molecule has 25 heavy (non-hydrogen) atoms. The standard InChI is InChI=1S/C20H17N5/c1-2-13-8-15(11-24-20(13)21)17-5-3-4-14-6-7-18(25-19(14)17)16-9-22-12-23-10-16/h3-12H,2H2,1H3,(H2,21,24). The summed E-state index contributed by atoms with van der Waals surface area (Å²) >= 11 is 0. The van der Waals surface area contributed by atoms with Gasteiger partial charge in [-0.1, -0.05) is 31.2 Å². The van der Waals surface area contributed by atoms with Crippen LogP contribution >= 0.6 is 0 Å². The van der Waals surface area contributed by atoms with E-state index in [1.165, 1.54) is 6.33 Å². The van der Waals surface area contributed by atoms with E-state index in [1.807, 2.05) is 18.3 Å². The van der Waals surface area contributed by atoms with E-state index in [9.17, 15) is 0 Å². The second-order valence-electron chi connectivity index (χ2n) is 5.82. The summed E-state index contributed by atoms with van der Waals surface area (Å²) in [6.07, 6.45) is 7.70. The van der Waals surface area contributed by atoms with Crippen molar-refractivity contribution in [1.82, 2.24) is 19.9 Å². The smallest absolute Gasteiger partial charge is 0.126 e. The van der Waals surface area contributed by atoms with E-state index < -0.39 is 0 Å². The Hall–Kier alpha value is -3.34. The largest absolute Gasteiger partial charge is 0.383 e. The molecule has 0 atom stereocenters. The normalized spacial score (nSPS) is 10.9. The minimum absolute atomic E-state index is 0.585. The molecule has 3 heterocycles. The maximum absolute atomic E-state index is 5.95. The molecule has 0 aliphatic rings. The van der Waals surface area contributed by atoms with Crippen LogP contribution in [0.5, 0.6) is 0 Å². The van der Waals surface area contributed by atoms with Crippen molar-refractivity contribution in [2.45, 2.75) is 13.3 Å². The summed E-state index contributed by atoms with van der Waals surface area (Å²) in [5.74, 6) is 0.585. The highest BCUT2D eigenvalue weighted by molar-refractivity contribution is 5.94. The molecule has 0 aliphatic heterocycles. The van der Waals surface area contributed by atoms with Gasteiger partial charge in [-0.25, -0.2) is 19.9 Å². The van der Waals surface area contributed by atoms with Gasteiger partial charge in [0.05, 0.1) is 11.2 Å². The first kappa shape index (κ1) is 15.2. The molecule has 0 fully saturated rings. The van der Waals surface area contributed by atoms with E-state index in [0.717, 1.165) is 45.3 Å². The Kier molecular flexibility index (Phi) is 3.82. The van der Waals surface area contributed by atoms with Crippen LogP contribution in [0, 0.1) is 0 Å². The number of benzene rings is 1. The number of anilines is 1. The number of hydrogen-bond donors (Lipinski definition) is 1.